The Hall–Kier alpha value is -0.870. The predicted molar refractivity (Wildman–Crippen MR) is 88.8 cm³/mol. The van der Waals surface area contributed by atoms with Gasteiger partial charge in [-0.05, 0) is 31.2 Å². The molecule has 2 atom stereocenters. The van der Waals surface area contributed by atoms with Gasteiger partial charge in [0, 0.05) is 26.8 Å². The van der Waals surface area contributed by atoms with E-state index in [0.717, 1.165) is 17.5 Å². The maximum atomic E-state index is 12.3. The van der Waals surface area contributed by atoms with Crippen molar-refractivity contribution in [3.8, 4) is 0 Å². The lowest BCUT2D eigenvalue weighted by molar-refractivity contribution is 0.0946. The zero-order valence-electron chi connectivity index (χ0n) is 11.3. The maximum Gasteiger partial charge on any atom is 0.252 e. The summed E-state index contributed by atoms with van der Waals surface area (Å²) in [6.45, 7) is 0.797. The molecule has 2 aromatic rings. The second-order valence-electron chi connectivity index (χ2n) is 5.49. The largest absolute Gasteiger partial charge is 0.352 e. The number of carbonyl (C=O) groups is 1. The molecule has 1 heterocycles. The van der Waals surface area contributed by atoms with Gasteiger partial charge in [-0.15, -0.1) is 11.3 Å². The van der Waals surface area contributed by atoms with Crippen molar-refractivity contribution in [2.75, 3.05) is 6.54 Å². The summed E-state index contributed by atoms with van der Waals surface area (Å²) >= 11 is 5.33. The quantitative estimate of drug-likeness (QED) is 0.805. The van der Waals surface area contributed by atoms with Gasteiger partial charge in [0.15, 0.2) is 0 Å². The van der Waals surface area contributed by atoms with Crippen LogP contribution in [0.25, 0.3) is 10.1 Å². The van der Waals surface area contributed by atoms with Crippen molar-refractivity contribution >= 4 is 43.3 Å². The number of benzene rings is 1. The number of nitrogens with one attached hydrogen (secondary N) is 1. The fourth-order valence-electron chi connectivity index (χ4n) is 2.90. The van der Waals surface area contributed by atoms with Crippen molar-refractivity contribution in [3.63, 3.8) is 0 Å². The van der Waals surface area contributed by atoms with E-state index in [0.29, 0.717) is 10.7 Å². The first kappa shape index (κ1) is 14.1. The number of hydrogen-bond acceptors (Lipinski definition) is 2. The Morgan fingerprint density at radius 1 is 1.35 bits per heavy atom. The van der Waals surface area contributed by atoms with Gasteiger partial charge >= 0.3 is 0 Å². The van der Waals surface area contributed by atoms with Crippen molar-refractivity contribution in [3.05, 3.63) is 35.2 Å². The highest BCUT2D eigenvalue weighted by Crippen LogP contribution is 2.29. The standard InChI is InChI=1S/C16H18BrNOS/c17-12-5-3-4-11(8-12)9-18-16(19)14-10-20-15-7-2-1-6-13(14)15/h1-2,6-7,10-12H,3-5,8-9H2,(H,18,19). The highest BCUT2D eigenvalue weighted by atomic mass is 79.9. The second-order valence-corrected chi connectivity index (χ2v) is 7.69. The number of rotatable bonds is 3. The van der Waals surface area contributed by atoms with E-state index in [1.807, 2.05) is 23.6 Å². The van der Waals surface area contributed by atoms with Gasteiger partial charge < -0.3 is 5.32 Å². The van der Waals surface area contributed by atoms with Gasteiger partial charge in [0.25, 0.3) is 5.91 Å². The number of thiophene rings is 1. The van der Waals surface area contributed by atoms with E-state index in [9.17, 15) is 4.79 Å². The zero-order chi connectivity index (χ0) is 13.9. The van der Waals surface area contributed by atoms with Gasteiger partial charge in [-0.25, -0.2) is 0 Å². The van der Waals surface area contributed by atoms with Crippen LogP contribution >= 0.6 is 27.3 Å². The summed E-state index contributed by atoms with van der Waals surface area (Å²) in [5.41, 5.74) is 0.816. The molecule has 1 aliphatic carbocycles. The Labute approximate surface area is 131 Å². The summed E-state index contributed by atoms with van der Waals surface area (Å²) in [6, 6.07) is 8.09. The number of hydrogen-bond donors (Lipinski definition) is 1. The van der Waals surface area contributed by atoms with E-state index in [2.05, 4.69) is 27.3 Å². The van der Waals surface area contributed by atoms with Crippen LogP contribution in [0.4, 0.5) is 0 Å². The first-order valence-corrected chi connectivity index (χ1v) is 8.92. The van der Waals surface area contributed by atoms with Crippen LogP contribution in [0.1, 0.15) is 36.0 Å². The minimum Gasteiger partial charge on any atom is -0.352 e. The lowest BCUT2D eigenvalue weighted by Gasteiger charge is -2.25. The van der Waals surface area contributed by atoms with Crippen molar-refractivity contribution in [1.29, 1.82) is 0 Å². The lowest BCUT2D eigenvalue weighted by atomic mass is 9.89. The Bertz CT molecular complexity index is 609. The van der Waals surface area contributed by atoms with Gasteiger partial charge in [0.05, 0.1) is 5.56 Å². The number of halogens is 1. The van der Waals surface area contributed by atoms with Crippen LogP contribution in [0.5, 0.6) is 0 Å². The van der Waals surface area contributed by atoms with Crippen LogP contribution in [0.3, 0.4) is 0 Å². The van der Waals surface area contributed by atoms with Crippen molar-refractivity contribution in [2.24, 2.45) is 5.92 Å². The number of fused-ring (bicyclic) bond motifs is 1. The minimum absolute atomic E-state index is 0.0687. The molecule has 1 aromatic heterocycles. The van der Waals surface area contributed by atoms with Crippen LogP contribution in [0, 0.1) is 5.92 Å². The Kier molecular flexibility index (Phi) is 4.41. The fraction of sp³-hybridized carbons (Fsp3) is 0.438. The molecule has 0 radical (unpaired) electrons. The van der Waals surface area contributed by atoms with Gasteiger partial charge in [0.2, 0.25) is 0 Å². The number of carbonyl (C=O) groups excluding carboxylic acids is 1. The molecule has 106 valence electrons. The molecule has 0 spiro atoms. The normalized spacial score (nSPS) is 22.9. The van der Waals surface area contributed by atoms with Crippen molar-refractivity contribution < 1.29 is 4.79 Å². The van der Waals surface area contributed by atoms with Gasteiger partial charge in [-0.3, -0.25) is 4.79 Å². The molecule has 4 heteroatoms. The Morgan fingerprint density at radius 3 is 3.05 bits per heavy atom. The molecule has 2 unspecified atom stereocenters. The Balaban J connectivity index is 1.64. The summed E-state index contributed by atoms with van der Waals surface area (Å²) in [7, 11) is 0. The third kappa shape index (κ3) is 3.07. The minimum atomic E-state index is 0.0687. The topological polar surface area (TPSA) is 29.1 Å². The molecule has 0 aliphatic heterocycles. The van der Waals surface area contributed by atoms with Crippen LogP contribution in [-0.2, 0) is 0 Å². The molecule has 20 heavy (non-hydrogen) atoms. The fourth-order valence-corrected chi connectivity index (χ4v) is 4.69. The van der Waals surface area contributed by atoms with E-state index >= 15 is 0 Å². The van der Waals surface area contributed by atoms with Crippen LogP contribution < -0.4 is 5.32 Å². The molecule has 1 aromatic carbocycles. The zero-order valence-corrected chi connectivity index (χ0v) is 13.7. The third-order valence-electron chi connectivity index (χ3n) is 4.00. The molecular weight excluding hydrogens is 334 g/mol. The summed E-state index contributed by atoms with van der Waals surface area (Å²) < 4.78 is 1.18. The Morgan fingerprint density at radius 2 is 2.20 bits per heavy atom. The van der Waals surface area contributed by atoms with Crippen LogP contribution in [0.2, 0.25) is 0 Å². The maximum absolute atomic E-state index is 12.3. The van der Waals surface area contributed by atoms with Crippen LogP contribution in [0.15, 0.2) is 29.6 Å². The van der Waals surface area contributed by atoms with Gasteiger partial charge in [0.1, 0.15) is 0 Å². The molecule has 1 N–H and O–H groups in total. The first-order chi connectivity index (χ1) is 9.74. The van der Waals surface area contributed by atoms with Gasteiger partial charge in [-0.2, -0.15) is 0 Å². The molecule has 1 amide bonds. The van der Waals surface area contributed by atoms with E-state index in [4.69, 9.17) is 0 Å². The highest BCUT2D eigenvalue weighted by molar-refractivity contribution is 9.09. The third-order valence-corrected chi connectivity index (χ3v) is 5.79. The van der Waals surface area contributed by atoms with E-state index in [1.165, 1.54) is 30.4 Å². The highest BCUT2D eigenvalue weighted by Gasteiger charge is 2.21. The molecule has 1 fully saturated rings. The molecule has 2 nitrogen and oxygen atoms in total. The number of alkyl halides is 1. The summed E-state index contributed by atoms with van der Waals surface area (Å²) in [6.07, 6.45) is 4.93. The molecule has 0 saturated heterocycles. The number of amides is 1. The van der Waals surface area contributed by atoms with E-state index < -0.39 is 0 Å². The molecule has 0 bridgehead atoms. The second kappa shape index (κ2) is 6.27. The molecular formula is C16H18BrNOS. The van der Waals surface area contributed by atoms with Gasteiger partial charge in [-0.1, -0.05) is 40.5 Å². The van der Waals surface area contributed by atoms with E-state index in [-0.39, 0.29) is 5.91 Å². The average Bonchev–Trinajstić information content (AvgIpc) is 2.89. The average molecular weight is 352 g/mol. The summed E-state index contributed by atoms with van der Waals surface area (Å²) in [5, 5.41) is 6.15. The molecule has 3 rings (SSSR count). The van der Waals surface area contributed by atoms with Crippen molar-refractivity contribution in [1.82, 2.24) is 5.32 Å². The van der Waals surface area contributed by atoms with E-state index in [1.54, 1.807) is 11.3 Å². The summed E-state index contributed by atoms with van der Waals surface area (Å²) in [5.74, 6) is 0.682. The predicted octanol–water partition coefficient (Wildman–Crippen LogP) is 4.58. The monoisotopic (exact) mass is 351 g/mol. The SMILES string of the molecule is O=C(NCC1CCCC(Br)C1)c1csc2ccccc12. The lowest BCUT2D eigenvalue weighted by Crippen LogP contribution is -2.31. The summed E-state index contributed by atoms with van der Waals surface area (Å²) in [4.78, 5) is 13.0. The smallest absolute Gasteiger partial charge is 0.252 e. The molecule has 1 saturated carbocycles. The molecule has 1 aliphatic rings. The van der Waals surface area contributed by atoms with Crippen molar-refractivity contribution in [2.45, 2.75) is 30.5 Å². The van der Waals surface area contributed by atoms with Crippen LogP contribution in [-0.4, -0.2) is 17.3 Å². The first-order valence-electron chi connectivity index (χ1n) is 7.12.